The maximum Gasteiger partial charge on any atom is 0.222 e. The molecule has 0 N–H and O–H groups in total. The number of carbonyl (C=O) groups is 1. The maximum atomic E-state index is 12.3. The molecule has 0 bridgehead atoms. The minimum Gasteiger partial charge on any atom is -0.496 e. The van der Waals surface area contributed by atoms with Gasteiger partial charge in [0, 0.05) is 31.6 Å². The molecule has 136 valence electrons. The number of benzene rings is 1. The van der Waals surface area contributed by atoms with Gasteiger partial charge in [0.05, 0.1) is 7.11 Å². The van der Waals surface area contributed by atoms with Crippen molar-refractivity contribution in [2.24, 2.45) is 11.3 Å². The fraction of sp³-hybridized carbons (Fsp3) is 0.667. The lowest BCUT2D eigenvalue weighted by Gasteiger charge is -2.47. The van der Waals surface area contributed by atoms with Crippen LogP contribution in [-0.2, 0) is 11.3 Å². The number of amides is 1. The number of hydrogen-bond donors (Lipinski definition) is 0. The Labute approximate surface area is 151 Å². The van der Waals surface area contributed by atoms with E-state index in [9.17, 15) is 4.79 Å². The number of hydrogen-bond acceptors (Lipinski definition) is 3. The number of piperidine rings is 2. The molecule has 1 aliphatic carbocycles. The van der Waals surface area contributed by atoms with Gasteiger partial charge in [-0.3, -0.25) is 9.69 Å². The van der Waals surface area contributed by atoms with Gasteiger partial charge in [-0.05, 0) is 62.6 Å². The number of ether oxygens (including phenoxy) is 1. The fourth-order valence-corrected chi connectivity index (χ4v) is 4.55. The van der Waals surface area contributed by atoms with Gasteiger partial charge < -0.3 is 9.64 Å². The lowest BCUT2D eigenvalue weighted by atomic mass is 9.72. The molecule has 2 aliphatic heterocycles. The molecule has 0 unspecified atom stereocenters. The first-order valence-electron chi connectivity index (χ1n) is 9.79. The normalized spacial score (nSPS) is 23.9. The third kappa shape index (κ3) is 3.84. The zero-order valence-corrected chi connectivity index (χ0v) is 15.4. The van der Waals surface area contributed by atoms with Gasteiger partial charge in [-0.1, -0.05) is 18.2 Å². The second-order valence-corrected chi connectivity index (χ2v) is 8.31. The molecule has 2 heterocycles. The Morgan fingerprint density at radius 2 is 1.92 bits per heavy atom. The van der Waals surface area contributed by atoms with Crippen LogP contribution in [0.25, 0.3) is 0 Å². The highest BCUT2D eigenvalue weighted by molar-refractivity contribution is 5.77. The standard InChI is InChI=1S/C21H30N2O2/c1-25-19-5-3-2-4-18(19)15-22-12-10-21(11-13-22)9-8-20(24)23(16-21)14-17-6-7-17/h2-5,17H,6-16H2,1H3. The molecule has 0 radical (unpaired) electrons. The van der Waals surface area contributed by atoms with Crippen molar-refractivity contribution in [3.05, 3.63) is 29.8 Å². The van der Waals surface area contributed by atoms with Gasteiger partial charge in [0.15, 0.2) is 0 Å². The molecule has 3 fully saturated rings. The Kier molecular flexibility index (Phi) is 4.72. The van der Waals surface area contributed by atoms with Gasteiger partial charge in [0.1, 0.15) is 5.75 Å². The molecule has 4 heteroatoms. The SMILES string of the molecule is COc1ccccc1CN1CCC2(CCC(=O)N(CC3CC3)C2)CC1. The molecule has 4 rings (SSSR count). The number of nitrogens with zero attached hydrogens (tertiary/aromatic N) is 2. The molecule has 0 aromatic heterocycles. The fourth-order valence-electron chi connectivity index (χ4n) is 4.55. The average molecular weight is 342 g/mol. The van der Waals surface area contributed by atoms with Crippen LogP contribution in [0.5, 0.6) is 5.75 Å². The van der Waals surface area contributed by atoms with Crippen LogP contribution < -0.4 is 4.74 Å². The van der Waals surface area contributed by atoms with E-state index in [0.717, 1.165) is 57.2 Å². The second kappa shape index (κ2) is 6.99. The summed E-state index contributed by atoms with van der Waals surface area (Å²) in [4.78, 5) is 17.0. The van der Waals surface area contributed by atoms with Crippen molar-refractivity contribution < 1.29 is 9.53 Å². The van der Waals surface area contributed by atoms with Crippen molar-refractivity contribution >= 4 is 5.91 Å². The van der Waals surface area contributed by atoms with Gasteiger partial charge in [-0.15, -0.1) is 0 Å². The summed E-state index contributed by atoms with van der Waals surface area (Å²) in [6, 6.07) is 8.33. The zero-order valence-electron chi connectivity index (χ0n) is 15.4. The van der Waals surface area contributed by atoms with Gasteiger partial charge in [0.2, 0.25) is 5.91 Å². The first-order chi connectivity index (χ1) is 12.2. The Hall–Kier alpha value is -1.55. The van der Waals surface area contributed by atoms with E-state index in [1.54, 1.807) is 7.11 Å². The lowest BCUT2D eigenvalue weighted by molar-refractivity contribution is -0.139. The Balaban J connectivity index is 1.35. The van der Waals surface area contributed by atoms with E-state index >= 15 is 0 Å². The summed E-state index contributed by atoms with van der Waals surface area (Å²) in [5.74, 6) is 2.18. The molecule has 1 aromatic carbocycles. The number of para-hydroxylation sites is 1. The predicted molar refractivity (Wildman–Crippen MR) is 98.5 cm³/mol. The largest absolute Gasteiger partial charge is 0.496 e. The summed E-state index contributed by atoms with van der Waals surface area (Å²) >= 11 is 0. The van der Waals surface area contributed by atoms with Crippen LogP contribution in [0.15, 0.2) is 24.3 Å². The summed E-state index contributed by atoms with van der Waals surface area (Å²) in [6.45, 7) is 5.24. The number of rotatable bonds is 5. The van der Waals surface area contributed by atoms with E-state index in [1.165, 1.54) is 31.2 Å². The Morgan fingerprint density at radius 3 is 2.64 bits per heavy atom. The third-order valence-corrected chi connectivity index (χ3v) is 6.43. The maximum absolute atomic E-state index is 12.3. The van der Waals surface area contributed by atoms with E-state index in [0.29, 0.717) is 11.3 Å². The topological polar surface area (TPSA) is 32.8 Å². The highest BCUT2D eigenvalue weighted by atomic mass is 16.5. The van der Waals surface area contributed by atoms with E-state index in [4.69, 9.17) is 4.74 Å². The summed E-state index contributed by atoms with van der Waals surface area (Å²) in [7, 11) is 1.75. The quantitative estimate of drug-likeness (QED) is 0.823. The lowest BCUT2D eigenvalue weighted by Crippen LogP contribution is -2.51. The molecule has 0 atom stereocenters. The van der Waals surface area contributed by atoms with Crippen LogP contribution in [0.3, 0.4) is 0 Å². The van der Waals surface area contributed by atoms with E-state index < -0.39 is 0 Å². The van der Waals surface area contributed by atoms with Crippen LogP contribution in [0.2, 0.25) is 0 Å². The molecule has 1 saturated carbocycles. The number of likely N-dealkylation sites (tertiary alicyclic amines) is 2. The average Bonchev–Trinajstić information content (AvgIpc) is 3.45. The van der Waals surface area contributed by atoms with Crippen LogP contribution in [0.4, 0.5) is 0 Å². The molecule has 3 aliphatic rings. The van der Waals surface area contributed by atoms with E-state index in [1.807, 2.05) is 12.1 Å². The van der Waals surface area contributed by atoms with Crippen LogP contribution in [0, 0.1) is 11.3 Å². The zero-order chi connectivity index (χ0) is 17.3. The minimum atomic E-state index is 0.375. The van der Waals surface area contributed by atoms with Crippen LogP contribution >= 0.6 is 0 Å². The Morgan fingerprint density at radius 1 is 1.16 bits per heavy atom. The van der Waals surface area contributed by atoms with Crippen molar-refractivity contribution in [3.63, 3.8) is 0 Å². The van der Waals surface area contributed by atoms with Gasteiger partial charge >= 0.3 is 0 Å². The molecule has 1 spiro atoms. The Bertz CT molecular complexity index is 618. The van der Waals surface area contributed by atoms with Crippen molar-refractivity contribution in [1.82, 2.24) is 9.80 Å². The number of carbonyl (C=O) groups excluding carboxylic acids is 1. The molecule has 25 heavy (non-hydrogen) atoms. The minimum absolute atomic E-state index is 0.375. The predicted octanol–water partition coefficient (Wildman–Crippen LogP) is 3.31. The first kappa shape index (κ1) is 16.9. The summed E-state index contributed by atoms with van der Waals surface area (Å²) < 4.78 is 5.49. The van der Waals surface area contributed by atoms with Crippen LogP contribution in [0.1, 0.15) is 44.1 Å². The van der Waals surface area contributed by atoms with Gasteiger partial charge in [-0.2, -0.15) is 0 Å². The summed E-state index contributed by atoms with van der Waals surface area (Å²) in [5, 5.41) is 0. The molecule has 1 aromatic rings. The number of methoxy groups -OCH3 is 1. The van der Waals surface area contributed by atoms with Gasteiger partial charge in [0.25, 0.3) is 0 Å². The van der Waals surface area contributed by atoms with Crippen molar-refractivity contribution in [1.29, 1.82) is 0 Å². The molecular formula is C21H30N2O2. The van der Waals surface area contributed by atoms with Crippen LogP contribution in [-0.4, -0.2) is 49.0 Å². The molecule has 1 amide bonds. The highest BCUT2D eigenvalue weighted by Crippen LogP contribution is 2.42. The van der Waals surface area contributed by atoms with E-state index in [-0.39, 0.29) is 0 Å². The monoisotopic (exact) mass is 342 g/mol. The smallest absolute Gasteiger partial charge is 0.222 e. The van der Waals surface area contributed by atoms with Gasteiger partial charge in [-0.25, -0.2) is 0 Å². The molecule has 4 nitrogen and oxygen atoms in total. The highest BCUT2D eigenvalue weighted by Gasteiger charge is 2.42. The molecular weight excluding hydrogens is 312 g/mol. The summed E-state index contributed by atoms with van der Waals surface area (Å²) in [6.07, 6.45) is 6.94. The second-order valence-electron chi connectivity index (χ2n) is 8.31. The van der Waals surface area contributed by atoms with Crippen molar-refractivity contribution in [2.75, 3.05) is 33.3 Å². The first-order valence-corrected chi connectivity index (χ1v) is 9.79. The third-order valence-electron chi connectivity index (χ3n) is 6.43. The molecule has 2 saturated heterocycles. The van der Waals surface area contributed by atoms with E-state index in [2.05, 4.69) is 21.9 Å². The summed E-state index contributed by atoms with van der Waals surface area (Å²) in [5.41, 5.74) is 1.65. The van der Waals surface area contributed by atoms with Crippen molar-refractivity contribution in [3.8, 4) is 5.75 Å². The van der Waals surface area contributed by atoms with Crippen molar-refractivity contribution in [2.45, 2.75) is 45.1 Å².